The van der Waals surface area contributed by atoms with E-state index in [0.29, 0.717) is 92.7 Å². The molecular weight excluding hydrogens is 736 g/mol. The number of nitrogens with zero attached hydrogens (tertiary/aromatic N) is 7. The molecule has 2 aromatic carbocycles. The second kappa shape index (κ2) is 17.8. The number of anilines is 1. The van der Waals surface area contributed by atoms with Crippen LogP contribution in [0.4, 0.5) is 19.0 Å². The van der Waals surface area contributed by atoms with Crippen LogP contribution in [-0.4, -0.2) is 139 Å². The number of amides is 1. The molecule has 9 rings (SSSR count). The van der Waals surface area contributed by atoms with Gasteiger partial charge in [0, 0.05) is 75.1 Å². The molecule has 5 aliphatic rings. The highest BCUT2D eigenvalue weighted by molar-refractivity contribution is 6.02. The largest absolute Gasteiger partial charge is 0.467 e. The molecule has 0 bridgehead atoms. The molecule has 11 nitrogen and oxygen atoms in total. The number of hydrogen-bond acceptors (Lipinski definition) is 10. The van der Waals surface area contributed by atoms with Crippen molar-refractivity contribution in [3.63, 3.8) is 0 Å². The molecule has 5 fully saturated rings. The molecule has 2 atom stereocenters. The molecule has 5 aliphatic heterocycles. The first-order valence-electron chi connectivity index (χ1n) is 19.9. The quantitative estimate of drug-likeness (QED) is 0.181. The van der Waals surface area contributed by atoms with Gasteiger partial charge in [0.05, 0.1) is 44.5 Å². The van der Waals surface area contributed by atoms with E-state index < -0.39 is 23.3 Å². The Kier molecular flexibility index (Phi) is 12.6. The molecule has 2 aromatic heterocycles. The summed E-state index contributed by atoms with van der Waals surface area (Å²) in [6.07, 6.45) is 13.5. The Morgan fingerprint density at radius 2 is 1.88 bits per heavy atom. The van der Waals surface area contributed by atoms with Gasteiger partial charge in [-0.15, -0.1) is 6.42 Å². The number of rotatable bonds is 6. The highest BCUT2D eigenvalue weighted by Crippen LogP contribution is 2.39. The van der Waals surface area contributed by atoms with Crippen molar-refractivity contribution >= 4 is 33.4 Å². The molecule has 2 unspecified atom stereocenters. The predicted octanol–water partition coefficient (Wildman–Crippen LogP) is 5.64. The molecule has 5 saturated heterocycles. The van der Waals surface area contributed by atoms with Gasteiger partial charge in [-0.3, -0.25) is 19.6 Å². The third-order valence-corrected chi connectivity index (χ3v) is 11.4. The number of piperazine rings is 1. The number of carbonyl (C=O) groups excluding carboxylic acids is 1. The van der Waals surface area contributed by atoms with Gasteiger partial charge in [0.25, 0.3) is 0 Å². The minimum atomic E-state index is -0.708. The first-order chi connectivity index (χ1) is 27.8. The fourth-order valence-corrected chi connectivity index (χ4v) is 8.52. The van der Waals surface area contributed by atoms with Crippen molar-refractivity contribution in [3.05, 3.63) is 65.9 Å². The normalized spacial score (nSPS) is 21.8. The zero-order chi connectivity index (χ0) is 40.1. The van der Waals surface area contributed by atoms with Crippen LogP contribution in [0.3, 0.4) is 0 Å². The number of halogens is 3. The molecule has 0 radical (unpaired) electrons. The molecule has 4 aromatic rings. The number of ether oxygens (including phenoxy) is 3. The maximum atomic E-state index is 16.5. The lowest BCUT2D eigenvalue weighted by Gasteiger charge is -2.55. The van der Waals surface area contributed by atoms with Crippen molar-refractivity contribution in [2.45, 2.75) is 50.9 Å². The van der Waals surface area contributed by atoms with Gasteiger partial charge in [-0.05, 0) is 37.3 Å². The van der Waals surface area contributed by atoms with Gasteiger partial charge in [0.15, 0.2) is 5.82 Å². The first-order valence-corrected chi connectivity index (χ1v) is 19.9. The molecule has 0 aliphatic carbocycles. The SMILES string of the molecule is C#Cc1c(F)ccc2cccc(-c3ncc4c(N5CCN(C(=O)/C=C/CN6CCOCC6)C6(COC6)C5)nc(OC)nc4c3F)c12.CC.FC1CC2CCCN2C1. The van der Waals surface area contributed by atoms with Gasteiger partial charge in [0.1, 0.15) is 34.6 Å². The average molecular weight is 786 g/mol. The molecule has 7 heterocycles. The Balaban J connectivity index is 0.000000390. The van der Waals surface area contributed by atoms with Crippen LogP contribution in [-0.2, 0) is 14.3 Å². The molecule has 57 heavy (non-hydrogen) atoms. The number of morpholine rings is 1. The molecule has 1 spiro atoms. The number of hydrogen-bond donors (Lipinski definition) is 0. The standard InChI is InChI=1S/C34H32F2N6O4.C7H12FN.C2H6/c1-3-23-26(35)10-9-22-6-4-7-24(28(22)23)30-29(36)31-25(18-37-30)32(39-33(38-31)44-2)41-12-13-42(34(19-41)20-46-21-34)27(43)8-5-11-40-14-16-45-17-15-40;8-6-4-7-2-1-3-9(7)5-6;1-2/h1,4-10,18H,11-17,19-21H2,2H3;6-7H,1-5H2;1-2H3/b8-5+;;. The fourth-order valence-electron chi connectivity index (χ4n) is 8.52. The number of methoxy groups -OCH3 is 1. The second-order valence-corrected chi connectivity index (χ2v) is 14.8. The van der Waals surface area contributed by atoms with E-state index in [1.807, 2.05) is 29.7 Å². The van der Waals surface area contributed by atoms with Gasteiger partial charge in [-0.2, -0.15) is 9.97 Å². The smallest absolute Gasteiger partial charge is 0.318 e. The summed E-state index contributed by atoms with van der Waals surface area (Å²) in [5, 5.41) is 1.43. The van der Waals surface area contributed by atoms with Crippen LogP contribution in [0.15, 0.2) is 48.7 Å². The number of terminal acetylenes is 1. The zero-order valence-electron chi connectivity index (χ0n) is 32.9. The molecule has 0 N–H and O–H groups in total. The molecule has 0 saturated carbocycles. The number of aromatic nitrogens is 3. The molecule has 14 heteroatoms. The van der Waals surface area contributed by atoms with E-state index in [-0.39, 0.29) is 28.7 Å². The fraction of sp³-hybridized carbons (Fsp3) is 0.488. The summed E-state index contributed by atoms with van der Waals surface area (Å²) in [5.74, 6) is 1.49. The van der Waals surface area contributed by atoms with E-state index in [1.54, 1.807) is 30.3 Å². The van der Waals surface area contributed by atoms with Crippen molar-refractivity contribution in [3.8, 4) is 29.6 Å². The zero-order valence-corrected chi connectivity index (χ0v) is 32.9. The Morgan fingerprint density at radius 1 is 1.07 bits per heavy atom. The maximum Gasteiger partial charge on any atom is 0.318 e. The van der Waals surface area contributed by atoms with Crippen LogP contribution >= 0.6 is 0 Å². The highest BCUT2D eigenvalue weighted by Gasteiger charge is 2.50. The lowest BCUT2D eigenvalue weighted by molar-refractivity contribution is -0.164. The lowest BCUT2D eigenvalue weighted by atomic mass is 9.91. The van der Waals surface area contributed by atoms with E-state index >= 15 is 4.39 Å². The highest BCUT2D eigenvalue weighted by atomic mass is 19.1. The molecular formula is C43H50F3N7O4. The van der Waals surface area contributed by atoms with E-state index in [0.717, 1.165) is 26.1 Å². The first kappa shape index (κ1) is 40.4. The summed E-state index contributed by atoms with van der Waals surface area (Å²) in [5.41, 5.74) is -0.191. The van der Waals surface area contributed by atoms with Gasteiger partial charge >= 0.3 is 6.01 Å². The summed E-state index contributed by atoms with van der Waals surface area (Å²) in [6, 6.07) is 8.67. The number of alkyl halides is 1. The summed E-state index contributed by atoms with van der Waals surface area (Å²) in [4.78, 5) is 35.2. The topological polar surface area (TPSA) is 96.4 Å². The van der Waals surface area contributed by atoms with Crippen LogP contribution in [0.5, 0.6) is 6.01 Å². The number of benzene rings is 2. The monoisotopic (exact) mass is 785 g/mol. The van der Waals surface area contributed by atoms with Crippen molar-refractivity contribution in [2.24, 2.45) is 0 Å². The Labute approximate surface area is 331 Å². The minimum absolute atomic E-state index is 0.00553. The van der Waals surface area contributed by atoms with Crippen molar-refractivity contribution < 1.29 is 32.2 Å². The summed E-state index contributed by atoms with van der Waals surface area (Å²) in [6.45, 7) is 11.6. The Bertz CT molecular complexity index is 2140. The second-order valence-electron chi connectivity index (χ2n) is 14.8. The summed E-state index contributed by atoms with van der Waals surface area (Å²) >= 11 is 0. The average Bonchev–Trinajstić information content (AvgIpc) is 3.82. The van der Waals surface area contributed by atoms with Crippen molar-refractivity contribution in [1.82, 2.24) is 29.7 Å². The van der Waals surface area contributed by atoms with Gasteiger partial charge in [0.2, 0.25) is 5.91 Å². The third-order valence-electron chi connectivity index (χ3n) is 11.4. The van der Waals surface area contributed by atoms with Crippen LogP contribution in [0.25, 0.3) is 32.9 Å². The minimum Gasteiger partial charge on any atom is -0.467 e. The van der Waals surface area contributed by atoms with Gasteiger partial charge < -0.3 is 24.0 Å². The number of carbonyl (C=O) groups is 1. The van der Waals surface area contributed by atoms with E-state index in [2.05, 4.69) is 30.7 Å². The summed E-state index contributed by atoms with van der Waals surface area (Å²) < 4.78 is 60.2. The number of pyridine rings is 1. The van der Waals surface area contributed by atoms with Crippen molar-refractivity contribution in [2.75, 3.05) is 90.8 Å². The van der Waals surface area contributed by atoms with Gasteiger partial charge in [-0.1, -0.05) is 50.1 Å². The Morgan fingerprint density at radius 3 is 2.60 bits per heavy atom. The van der Waals surface area contributed by atoms with Crippen LogP contribution in [0.2, 0.25) is 0 Å². The predicted molar refractivity (Wildman–Crippen MR) is 214 cm³/mol. The van der Waals surface area contributed by atoms with Gasteiger partial charge in [-0.25, -0.2) is 13.2 Å². The number of fused-ring (bicyclic) bond motifs is 3. The lowest BCUT2D eigenvalue weighted by Crippen LogP contribution is -2.72. The Hall–Kier alpha value is -4.81. The van der Waals surface area contributed by atoms with Crippen LogP contribution in [0.1, 0.15) is 38.7 Å². The summed E-state index contributed by atoms with van der Waals surface area (Å²) in [7, 11) is 1.42. The molecule has 302 valence electrons. The van der Waals surface area contributed by atoms with Crippen molar-refractivity contribution in [1.29, 1.82) is 0 Å². The third kappa shape index (κ3) is 8.16. The molecule has 1 amide bonds. The van der Waals surface area contributed by atoms with Crippen LogP contribution in [0, 0.1) is 24.0 Å². The van der Waals surface area contributed by atoms with E-state index in [4.69, 9.17) is 20.6 Å². The van der Waals surface area contributed by atoms with E-state index in [9.17, 15) is 13.6 Å². The maximum absolute atomic E-state index is 16.5. The van der Waals surface area contributed by atoms with Crippen LogP contribution < -0.4 is 9.64 Å². The van der Waals surface area contributed by atoms with E-state index in [1.165, 1.54) is 32.2 Å².